The Labute approximate surface area is 823 Å². The van der Waals surface area contributed by atoms with E-state index in [1.807, 2.05) is 27.7 Å². The zero-order valence-electron chi connectivity index (χ0n) is 82.9. The molecule has 0 spiro atoms. The number of ketones is 4. The number of carbonyl (C=O) groups is 23. The Morgan fingerprint density at radius 3 is 1.68 bits per heavy atom. The van der Waals surface area contributed by atoms with E-state index in [1.165, 1.54) is 37.1 Å². The van der Waals surface area contributed by atoms with Crippen LogP contribution < -0.4 is 58.5 Å². The van der Waals surface area contributed by atoms with Crippen LogP contribution in [-0.2, 0) is 133 Å². The number of fused-ring (bicyclic) bond motifs is 1. The molecule has 45 heteroatoms. The first-order valence-electron chi connectivity index (χ1n) is 47.7. The number of esters is 1. The number of ether oxygens (including phenoxy) is 3. The number of benzene rings is 1. The summed E-state index contributed by atoms with van der Waals surface area (Å²) >= 11 is 0.997. The Morgan fingerprint density at radius 1 is 0.610 bits per heavy atom. The van der Waals surface area contributed by atoms with Gasteiger partial charge in [0.05, 0.1) is 18.1 Å². The highest BCUT2D eigenvalue weighted by Crippen LogP contribution is 2.33. The summed E-state index contributed by atoms with van der Waals surface area (Å²) in [5, 5.41) is 50.0. The number of hydrogen-bond acceptors (Lipinski definition) is 29. The van der Waals surface area contributed by atoms with E-state index < -0.39 is 191 Å². The van der Waals surface area contributed by atoms with Gasteiger partial charge in [-0.1, -0.05) is 53.2 Å². The minimum atomic E-state index is -2.51. The summed E-state index contributed by atoms with van der Waals surface area (Å²) < 4.78 is 16.8. The lowest BCUT2D eigenvalue weighted by molar-refractivity contribution is -0.157. The zero-order chi connectivity index (χ0) is 105. The quantitative estimate of drug-likeness (QED) is 0.0196. The van der Waals surface area contributed by atoms with Crippen LogP contribution in [-0.4, -0.2) is 304 Å². The maximum absolute atomic E-state index is 15.0. The number of likely N-dealkylation sites (N-methyl/N-ethyl adjacent to an activating group) is 2. The van der Waals surface area contributed by atoms with Crippen molar-refractivity contribution in [2.75, 3.05) is 79.1 Å². The number of carbonyl (C=O) groups excluding carboxylic acids is 21. The van der Waals surface area contributed by atoms with Crippen LogP contribution in [0.1, 0.15) is 250 Å². The molecular weight excluding hydrogens is 1860 g/mol. The van der Waals surface area contributed by atoms with Crippen molar-refractivity contribution in [1.29, 1.82) is 0 Å². The fourth-order valence-electron chi connectivity index (χ4n) is 15.2. The Bertz CT molecular complexity index is 4840. The van der Waals surface area contributed by atoms with Gasteiger partial charge in [0.25, 0.3) is 29.5 Å². The maximum atomic E-state index is 15.0. The number of aromatic nitrogens is 1. The summed E-state index contributed by atoms with van der Waals surface area (Å²) in [5.74, 6) is -20.8. The molecule has 12 atom stereocenters. The molecule has 16 amide bonds. The van der Waals surface area contributed by atoms with Crippen LogP contribution in [0.25, 0.3) is 0 Å². The van der Waals surface area contributed by atoms with Crippen molar-refractivity contribution in [3.05, 3.63) is 69.7 Å². The van der Waals surface area contributed by atoms with Crippen molar-refractivity contribution < 1.29 is 135 Å². The van der Waals surface area contributed by atoms with Gasteiger partial charge in [-0.3, -0.25) is 120 Å². The van der Waals surface area contributed by atoms with E-state index >= 15 is 4.79 Å². The summed E-state index contributed by atoms with van der Waals surface area (Å²) in [7, 11) is 5.11. The average Bonchev–Trinajstić information content (AvgIpc) is 1.64. The van der Waals surface area contributed by atoms with Gasteiger partial charge >= 0.3 is 17.9 Å². The summed E-state index contributed by atoms with van der Waals surface area (Å²) in [4.78, 5) is 320. The number of carboxylic acids is 2. The van der Waals surface area contributed by atoms with Crippen LogP contribution in [0.4, 0.5) is 5.69 Å². The van der Waals surface area contributed by atoms with Crippen molar-refractivity contribution in [1.82, 2.24) is 77.8 Å². The summed E-state index contributed by atoms with van der Waals surface area (Å²) in [6.07, 6.45) is 2.21. The van der Waals surface area contributed by atoms with E-state index in [-0.39, 0.29) is 242 Å². The highest BCUT2D eigenvalue weighted by atomic mass is 32.1. The van der Waals surface area contributed by atoms with Crippen molar-refractivity contribution in [3.8, 4) is 0 Å². The molecule has 0 aliphatic carbocycles. The third-order valence-corrected chi connectivity index (χ3v) is 25.2. The molecule has 778 valence electrons. The van der Waals surface area contributed by atoms with Gasteiger partial charge in [0.2, 0.25) is 65.0 Å². The minimum absolute atomic E-state index is 0.00948. The topological polar surface area (TPSA) is 619 Å². The van der Waals surface area contributed by atoms with Crippen LogP contribution in [0.2, 0.25) is 0 Å². The Balaban J connectivity index is 1.50. The van der Waals surface area contributed by atoms with Gasteiger partial charge < -0.3 is 92.6 Å². The number of rotatable bonds is 50. The zero-order valence-corrected chi connectivity index (χ0v) is 83.7. The van der Waals surface area contributed by atoms with Gasteiger partial charge in [-0.15, -0.1) is 11.3 Å². The number of hydrogen-bond donors (Lipinski definition) is 13. The molecule has 4 heterocycles. The van der Waals surface area contributed by atoms with Crippen molar-refractivity contribution in [3.63, 3.8) is 0 Å². The number of thiazole rings is 1. The van der Waals surface area contributed by atoms with Gasteiger partial charge in [0, 0.05) is 159 Å². The molecule has 13 N–H and O–H groups in total. The molecular formula is C96H140N16O28S. The molecule has 141 heavy (non-hydrogen) atoms. The first-order valence-corrected chi connectivity index (χ1v) is 48.6. The highest BCUT2D eigenvalue weighted by Gasteiger charge is 2.52. The molecule has 0 bridgehead atoms. The highest BCUT2D eigenvalue weighted by molar-refractivity contribution is 7.09. The molecule has 1 aromatic heterocycles. The molecule has 0 saturated carbocycles. The molecule has 44 nitrogen and oxygen atoms in total. The molecule has 0 saturated heterocycles. The predicted molar refractivity (Wildman–Crippen MR) is 510 cm³/mol. The first kappa shape index (κ1) is 119. The lowest BCUT2D eigenvalue weighted by atomic mass is 9.92. The molecule has 3 aliphatic heterocycles. The number of carboxylic acid groups (broad SMARTS) is 2. The standard InChI is InChI=1S/C96H140N16O28S/c1-15-56(4)82(108-95(137)96(10,11)109(12)13)93(134)110(14)72(55(2)3)52-73(140-61(9)114)92-107-71(54-141-92)89(131)103-64(47-57(5)94(135)136)48-62-32-33-63-50-66(116)26-22-42-99-87(129)68(28-16-19-40-97-74(118)39-46-138-44-21-18-25-67(117)51-81(125)126)105-85(127)59(7)101-90(132)83(111-77(121)35-36-78(111)122)84(112-79(123)37-38-80(112)124)91(133)102-60(8)86(128)106-69(88(130)100-43-23-30-75(119)104-70(63)49-62)29-17-20-41-98-76(120)53-139-45-24-27-65(115)34-31-58(6)113/h32-33,35-38,49,54-57,59-60,64,68-69,72-73,82-84H,15-31,34,39-48,50-53H2,1-14H3,(H,97,118)(H,98,120)(H,99,129)(H,100,130)(H,101,132)(H,102,133)(H,103,131)(H,104,119)(H,105,127)(H,106,128)(H,108,137)(H,125,126)(H,135,136)/t56-,57?,59?,60?,64?,68-,69-,72+,73+,82-,83?,84?/m0/s1. The number of imide groups is 2. The molecule has 2 aromatic rings. The van der Waals surface area contributed by atoms with Crippen LogP contribution in [0.15, 0.2) is 47.9 Å². The van der Waals surface area contributed by atoms with Crippen LogP contribution in [0, 0.1) is 17.8 Å². The van der Waals surface area contributed by atoms with E-state index in [4.69, 9.17) is 19.3 Å². The number of Topliss-reactive ketones (excluding diaryl/α,β-unsaturated/α-hetero) is 4. The molecule has 5 rings (SSSR count). The van der Waals surface area contributed by atoms with E-state index in [0.717, 1.165) is 37.3 Å². The van der Waals surface area contributed by atoms with Crippen LogP contribution >= 0.6 is 11.3 Å². The molecule has 0 radical (unpaired) electrons. The van der Waals surface area contributed by atoms with Crippen molar-refractivity contribution >= 4 is 153 Å². The van der Waals surface area contributed by atoms with E-state index in [0.29, 0.717) is 43.4 Å². The Morgan fingerprint density at radius 2 is 1.16 bits per heavy atom. The molecule has 6 unspecified atom stereocenters. The maximum Gasteiger partial charge on any atom is 0.310 e. The van der Waals surface area contributed by atoms with Gasteiger partial charge in [0.15, 0.2) is 6.10 Å². The largest absolute Gasteiger partial charge is 0.481 e. The lowest BCUT2D eigenvalue weighted by Crippen LogP contribution is -2.68. The second-order valence-electron chi connectivity index (χ2n) is 36.6. The predicted octanol–water partition coefficient (Wildman–Crippen LogP) is 2.29. The number of nitrogens with zero attached hydrogens (tertiary/aromatic N) is 5. The first-order chi connectivity index (χ1) is 66.5. The van der Waals surface area contributed by atoms with Gasteiger partial charge in [0.1, 0.15) is 89.2 Å². The van der Waals surface area contributed by atoms with Crippen LogP contribution in [0.3, 0.4) is 0 Å². The number of amides is 16. The fraction of sp³-hybridized carbons (Fsp3) is 0.625. The van der Waals surface area contributed by atoms with Crippen molar-refractivity contribution in [2.24, 2.45) is 17.8 Å². The number of anilines is 1. The lowest BCUT2D eigenvalue weighted by Gasteiger charge is -2.38. The van der Waals surface area contributed by atoms with Gasteiger partial charge in [-0.2, -0.15) is 0 Å². The summed E-state index contributed by atoms with van der Waals surface area (Å²) in [6.45, 7) is 16.7. The van der Waals surface area contributed by atoms with Crippen LogP contribution in [0.5, 0.6) is 0 Å². The summed E-state index contributed by atoms with van der Waals surface area (Å²) in [5.41, 5.74) is -0.343. The average molecular weight is 2000 g/mol. The number of unbranched alkanes of at least 4 members (excludes halogenated alkanes) is 3. The fourth-order valence-corrected chi connectivity index (χ4v) is 16.1. The third-order valence-electron chi connectivity index (χ3n) is 24.3. The molecule has 0 fully saturated rings. The van der Waals surface area contributed by atoms with Crippen molar-refractivity contribution in [2.45, 2.75) is 296 Å². The smallest absolute Gasteiger partial charge is 0.310 e. The van der Waals surface area contributed by atoms with E-state index in [9.17, 15) is 111 Å². The van der Waals surface area contributed by atoms with E-state index in [1.54, 1.807) is 52.0 Å². The van der Waals surface area contributed by atoms with E-state index in [2.05, 4.69) is 63.5 Å². The van der Waals surface area contributed by atoms with Gasteiger partial charge in [-0.05, 0) is 161 Å². The Hall–Kier alpha value is -12.8. The normalized spacial score (nSPS) is 19.4. The van der Waals surface area contributed by atoms with Gasteiger partial charge in [-0.25, -0.2) is 4.98 Å². The molecule has 1 aromatic carbocycles. The molecule has 3 aliphatic rings. The second-order valence-corrected chi connectivity index (χ2v) is 37.5. The number of nitrogens with one attached hydrogen (secondary N) is 11. The second kappa shape index (κ2) is 59.7. The SMILES string of the molecule is CC[C@H](C)[C@H](NC(=O)C(C)(C)N(C)C)C(=O)N(C)[C@H](C[C@@H](OC(C)=O)c1nc(C(=O)NC(Cc2ccc3c(c2)NC(=O)CCCNC(=O)[C@H](CCCCNC(=O)COCCCC(=O)CCC(C)=O)NC(=O)C(C)NC(=O)C(N2C(=O)C=CC2=O)C(N2C(=O)C=CC2=O)C(=O)NC(C)C(=O)N[C@@H](CCCCNC(=O)CCOCCCCC(=O)CC(=O)O)C(=O)NCCCC(=O)C3)CC(C)C(=O)O)cs1)C(C)C. The number of aliphatic carboxylic acids is 2. The summed E-state index contributed by atoms with van der Waals surface area (Å²) in [6, 6.07) is -9.35. The minimum Gasteiger partial charge on any atom is -0.481 e. The third kappa shape index (κ3) is 40.4. The monoisotopic (exact) mass is 2000 g/mol. The Kier molecular flexibility index (Phi) is 50.3.